The number of carbonyl (C=O) groups is 1. The van der Waals surface area contributed by atoms with Gasteiger partial charge in [0.15, 0.2) is 0 Å². The van der Waals surface area contributed by atoms with Crippen LogP contribution < -0.4 is 0 Å². The molecule has 1 rings (SSSR count). The van der Waals surface area contributed by atoms with E-state index in [1.54, 1.807) is 24.3 Å². The average molecular weight is 298 g/mol. The zero-order valence-electron chi connectivity index (χ0n) is 8.74. The summed E-state index contributed by atoms with van der Waals surface area (Å²) in [5.74, 6) is -0.943. The SMILES string of the molecule is O=C(O)CCC(O)c1ccc(C(Cl)(Cl)Cl)cc1. The molecular formula is C11H11Cl3O3. The molecule has 0 spiro atoms. The molecule has 1 aromatic carbocycles. The van der Waals surface area contributed by atoms with Crippen LogP contribution in [0.4, 0.5) is 0 Å². The second-order valence-electron chi connectivity index (χ2n) is 3.57. The van der Waals surface area contributed by atoms with Crippen molar-refractivity contribution in [2.45, 2.75) is 22.7 Å². The van der Waals surface area contributed by atoms with Gasteiger partial charge in [0.05, 0.1) is 6.10 Å². The van der Waals surface area contributed by atoms with E-state index in [0.29, 0.717) is 11.1 Å². The van der Waals surface area contributed by atoms with E-state index in [2.05, 4.69) is 0 Å². The van der Waals surface area contributed by atoms with Crippen molar-refractivity contribution in [2.75, 3.05) is 0 Å². The van der Waals surface area contributed by atoms with Crippen LogP contribution in [-0.4, -0.2) is 16.2 Å². The van der Waals surface area contributed by atoms with E-state index in [0.717, 1.165) is 0 Å². The minimum atomic E-state index is -1.50. The highest BCUT2D eigenvalue weighted by Gasteiger charge is 2.22. The molecule has 0 bridgehead atoms. The molecule has 6 heteroatoms. The van der Waals surface area contributed by atoms with Crippen LogP contribution in [-0.2, 0) is 8.59 Å². The third kappa shape index (κ3) is 4.72. The largest absolute Gasteiger partial charge is 0.481 e. The fourth-order valence-corrected chi connectivity index (χ4v) is 1.70. The van der Waals surface area contributed by atoms with Gasteiger partial charge in [-0.3, -0.25) is 4.79 Å². The van der Waals surface area contributed by atoms with Crippen LogP contribution in [0, 0.1) is 0 Å². The van der Waals surface area contributed by atoms with Crippen LogP contribution in [0.1, 0.15) is 30.1 Å². The first-order valence-corrected chi connectivity index (χ1v) is 6.01. The van der Waals surface area contributed by atoms with Crippen LogP contribution in [0.15, 0.2) is 24.3 Å². The summed E-state index contributed by atoms with van der Waals surface area (Å²) in [6, 6.07) is 6.41. The van der Waals surface area contributed by atoms with Crippen molar-refractivity contribution in [3.05, 3.63) is 35.4 Å². The molecule has 0 fully saturated rings. The molecule has 0 aliphatic heterocycles. The molecule has 0 saturated heterocycles. The van der Waals surface area contributed by atoms with E-state index in [1.807, 2.05) is 0 Å². The van der Waals surface area contributed by atoms with Crippen molar-refractivity contribution in [3.8, 4) is 0 Å². The van der Waals surface area contributed by atoms with Gasteiger partial charge in [0.25, 0.3) is 0 Å². The van der Waals surface area contributed by atoms with Gasteiger partial charge in [0, 0.05) is 12.0 Å². The average Bonchev–Trinajstić information content (AvgIpc) is 2.25. The summed E-state index contributed by atoms with van der Waals surface area (Å²) in [6.45, 7) is 0. The topological polar surface area (TPSA) is 57.5 Å². The standard InChI is InChI=1S/C11H11Cl3O3/c12-11(13,14)8-3-1-7(2-4-8)9(15)5-6-10(16)17/h1-4,9,15H,5-6H2,(H,16,17). The molecule has 94 valence electrons. The van der Waals surface area contributed by atoms with Crippen molar-refractivity contribution in [2.24, 2.45) is 0 Å². The number of carboxylic acids is 1. The Bertz CT molecular complexity index is 384. The van der Waals surface area contributed by atoms with Gasteiger partial charge < -0.3 is 10.2 Å². The van der Waals surface area contributed by atoms with Crippen LogP contribution in [0.2, 0.25) is 0 Å². The maximum atomic E-state index is 10.4. The lowest BCUT2D eigenvalue weighted by Gasteiger charge is -2.14. The Hall–Kier alpha value is -0.480. The van der Waals surface area contributed by atoms with Crippen LogP contribution in [0.25, 0.3) is 0 Å². The van der Waals surface area contributed by atoms with E-state index in [-0.39, 0.29) is 12.8 Å². The van der Waals surface area contributed by atoms with E-state index < -0.39 is 15.9 Å². The molecule has 17 heavy (non-hydrogen) atoms. The molecule has 1 atom stereocenters. The lowest BCUT2D eigenvalue weighted by Crippen LogP contribution is -2.04. The summed E-state index contributed by atoms with van der Waals surface area (Å²) in [5.41, 5.74) is 1.10. The Balaban J connectivity index is 2.70. The van der Waals surface area contributed by atoms with Gasteiger partial charge in [0.2, 0.25) is 3.79 Å². The molecule has 1 aromatic rings. The first-order valence-electron chi connectivity index (χ1n) is 4.87. The number of rotatable bonds is 4. The minimum absolute atomic E-state index is 0.0899. The van der Waals surface area contributed by atoms with Crippen LogP contribution >= 0.6 is 34.8 Å². The normalized spacial score (nSPS) is 13.4. The van der Waals surface area contributed by atoms with E-state index >= 15 is 0 Å². The predicted octanol–water partition coefficient (Wildman–Crippen LogP) is 3.41. The number of aliphatic hydroxyl groups is 1. The molecule has 0 radical (unpaired) electrons. The van der Waals surface area contributed by atoms with E-state index in [4.69, 9.17) is 39.9 Å². The van der Waals surface area contributed by atoms with Gasteiger partial charge in [-0.1, -0.05) is 59.1 Å². The van der Waals surface area contributed by atoms with Gasteiger partial charge in [-0.15, -0.1) is 0 Å². The number of halogens is 3. The van der Waals surface area contributed by atoms with Crippen molar-refractivity contribution in [1.29, 1.82) is 0 Å². The lowest BCUT2D eigenvalue weighted by molar-refractivity contribution is -0.137. The number of aliphatic carboxylic acids is 1. The molecule has 0 amide bonds. The summed E-state index contributed by atoms with van der Waals surface area (Å²) >= 11 is 17.1. The fraction of sp³-hybridized carbons (Fsp3) is 0.364. The third-order valence-corrected chi connectivity index (χ3v) is 2.91. The number of carboxylic acid groups (broad SMARTS) is 1. The molecule has 0 saturated carbocycles. The highest BCUT2D eigenvalue weighted by atomic mass is 35.6. The number of hydrogen-bond acceptors (Lipinski definition) is 2. The van der Waals surface area contributed by atoms with Gasteiger partial charge in [0.1, 0.15) is 0 Å². The molecule has 0 heterocycles. The maximum Gasteiger partial charge on any atom is 0.303 e. The second-order valence-corrected chi connectivity index (χ2v) is 5.85. The molecule has 2 N–H and O–H groups in total. The Morgan fingerprint density at radius 1 is 1.24 bits per heavy atom. The summed E-state index contributed by atoms with van der Waals surface area (Å²) < 4.78 is -1.50. The highest BCUT2D eigenvalue weighted by molar-refractivity contribution is 6.66. The van der Waals surface area contributed by atoms with Gasteiger partial charge in [-0.05, 0) is 12.0 Å². The molecule has 0 aliphatic rings. The van der Waals surface area contributed by atoms with Crippen molar-refractivity contribution < 1.29 is 15.0 Å². The molecule has 3 nitrogen and oxygen atoms in total. The molecular weight excluding hydrogens is 286 g/mol. The highest BCUT2D eigenvalue weighted by Crippen LogP contribution is 2.38. The Morgan fingerprint density at radius 2 is 1.76 bits per heavy atom. The maximum absolute atomic E-state index is 10.4. The Labute approximate surface area is 114 Å². The quantitative estimate of drug-likeness (QED) is 0.837. The van der Waals surface area contributed by atoms with Gasteiger partial charge >= 0.3 is 5.97 Å². The third-order valence-electron chi connectivity index (χ3n) is 2.25. The first-order chi connectivity index (χ1) is 7.80. The van der Waals surface area contributed by atoms with Crippen LogP contribution in [0.5, 0.6) is 0 Å². The monoisotopic (exact) mass is 296 g/mol. The lowest BCUT2D eigenvalue weighted by atomic mass is 10.0. The minimum Gasteiger partial charge on any atom is -0.481 e. The number of aliphatic hydroxyl groups excluding tert-OH is 1. The van der Waals surface area contributed by atoms with E-state index in [9.17, 15) is 9.90 Å². The summed E-state index contributed by atoms with van der Waals surface area (Å²) in [6.07, 6.45) is -0.758. The Morgan fingerprint density at radius 3 is 2.18 bits per heavy atom. The summed E-state index contributed by atoms with van der Waals surface area (Å²) in [5, 5.41) is 18.2. The fourth-order valence-electron chi connectivity index (χ4n) is 1.32. The zero-order chi connectivity index (χ0) is 13.1. The summed E-state index contributed by atoms with van der Waals surface area (Å²) in [7, 11) is 0. The van der Waals surface area contributed by atoms with Crippen molar-refractivity contribution >= 4 is 40.8 Å². The van der Waals surface area contributed by atoms with Crippen LogP contribution in [0.3, 0.4) is 0 Å². The van der Waals surface area contributed by atoms with Gasteiger partial charge in [-0.2, -0.15) is 0 Å². The molecule has 0 aliphatic carbocycles. The number of alkyl halides is 3. The smallest absolute Gasteiger partial charge is 0.303 e. The zero-order valence-corrected chi connectivity index (χ0v) is 11.0. The number of benzene rings is 1. The number of hydrogen-bond donors (Lipinski definition) is 2. The summed E-state index contributed by atoms with van der Waals surface area (Å²) in [4.78, 5) is 10.4. The Kier molecular flexibility index (Phi) is 5.07. The second kappa shape index (κ2) is 5.91. The molecule has 0 aromatic heterocycles. The molecule has 1 unspecified atom stereocenters. The first kappa shape index (κ1) is 14.6. The van der Waals surface area contributed by atoms with E-state index in [1.165, 1.54) is 0 Å². The van der Waals surface area contributed by atoms with Crippen molar-refractivity contribution in [3.63, 3.8) is 0 Å². The van der Waals surface area contributed by atoms with Crippen molar-refractivity contribution in [1.82, 2.24) is 0 Å². The van der Waals surface area contributed by atoms with Gasteiger partial charge in [-0.25, -0.2) is 0 Å². The predicted molar refractivity (Wildman–Crippen MR) is 67.5 cm³/mol.